The summed E-state index contributed by atoms with van der Waals surface area (Å²) in [6.45, 7) is 1.96. The molecule has 0 spiro atoms. The topological polar surface area (TPSA) is 85.7 Å². The van der Waals surface area contributed by atoms with Crippen molar-refractivity contribution in [3.8, 4) is 22.6 Å². The van der Waals surface area contributed by atoms with Gasteiger partial charge >= 0.3 is 5.97 Å². The smallest absolute Gasteiger partial charge is 0.306 e. The van der Waals surface area contributed by atoms with Crippen molar-refractivity contribution < 1.29 is 24.2 Å². The molecule has 1 aromatic heterocycles. The first-order valence-electron chi connectivity index (χ1n) is 9.10. The average molecular weight is 458 g/mol. The zero-order valence-corrected chi connectivity index (χ0v) is 17.7. The van der Waals surface area contributed by atoms with Gasteiger partial charge in [0.05, 0.1) is 30.1 Å². The molecule has 0 atom stereocenters. The van der Waals surface area contributed by atoms with Gasteiger partial charge < -0.3 is 14.6 Å². The standard InChI is InChI=1S/C22H20BrNO5/c1-3-29-19(26)10-9-18(25)21-22(27)20(23)16-8-7-14(12-17(16)24-21)13-5-4-6-15(11-13)28-2/h4-8,11-12,27H,3,9-10H2,1-2H3. The zero-order chi connectivity index (χ0) is 21.0. The minimum atomic E-state index is -0.458. The molecule has 0 fully saturated rings. The Hall–Kier alpha value is -2.93. The van der Waals surface area contributed by atoms with Gasteiger partial charge in [-0.1, -0.05) is 24.3 Å². The summed E-state index contributed by atoms with van der Waals surface area (Å²) in [4.78, 5) is 28.4. The summed E-state index contributed by atoms with van der Waals surface area (Å²) in [5.74, 6) is -0.386. The van der Waals surface area contributed by atoms with Crippen molar-refractivity contribution in [3.05, 3.63) is 52.6 Å². The van der Waals surface area contributed by atoms with Crippen molar-refractivity contribution in [1.82, 2.24) is 4.98 Å². The van der Waals surface area contributed by atoms with Gasteiger partial charge in [-0.25, -0.2) is 4.98 Å². The minimum absolute atomic E-state index is 0.0622. The first kappa shape index (κ1) is 20.8. The summed E-state index contributed by atoms with van der Waals surface area (Å²) in [5, 5.41) is 11.1. The van der Waals surface area contributed by atoms with E-state index < -0.39 is 11.8 Å². The van der Waals surface area contributed by atoms with Gasteiger partial charge in [-0.05, 0) is 52.2 Å². The molecular weight excluding hydrogens is 438 g/mol. The molecule has 1 heterocycles. The third-order valence-corrected chi connectivity index (χ3v) is 5.23. The second kappa shape index (κ2) is 9.05. The van der Waals surface area contributed by atoms with Crippen LogP contribution in [0.2, 0.25) is 0 Å². The summed E-state index contributed by atoms with van der Waals surface area (Å²) in [5.41, 5.74) is 2.31. The summed E-state index contributed by atoms with van der Waals surface area (Å²) in [6, 6.07) is 13.2. The Labute approximate surface area is 176 Å². The number of fused-ring (bicyclic) bond motifs is 1. The molecule has 6 nitrogen and oxygen atoms in total. The van der Waals surface area contributed by atoms with Crippen LogP contribution in [0, 0.1) is 0 Å². The van der Waals surface area contributed by atoms with E-state index in [0.29, 0.717) is 15.4 Å². The summed E-state index contributed by atoms with van der Waals surface area (Å²) >= 11 is 3.35. The van der Waals surface area contributed by atoms with E-state index in [2.05, 4.69) is 20.9 Å². The third-order valence-electron chi connectivity index (χ3n) is 4.43. The first-order chi connectivity index (χ1) is 13.9. The number of nitrogens with zero attached hydrogens (tertiary/aromatic N) is 1. The highest BCUT2D eigenvalue weighted by Crippen LogP contribution is 2.36. The molecule has 0 unspecified atom stereocenters. The van der Waals surface area contributed by atoms with Gasteiger partial charge in [0.2, 0.25) is 0 Å². The van der Waals surface area contributed by atoms with E-state index in [-0.39, 0.29) is 30.9 Å². The fraction of sp³-hybridized carbons (Fsp3) is 0.227. The summed E-state index contributed by atoms with van der Waals surface area (Å²) in [7, 11) is 1.61. The zero-order valence-electron chi connectivity index (χ0n) is 16.1. The number of pyridine rings is 1. The van der Waals surface area contributed by atoms with Crippen LogP contribution < -0.4 is 4.74 Å². The van der Waals surface area contributed by atoms with Crippen LogP contribution in [0.5, 0.6) is 11.5 Å². The molecule has 3 rings (SSSR count). The molecule has 0 aliphatic carbocycles. The highest BCUT2D eigenvalue weighted by molar-refractivity contribution is 9.10. The quantitative estimate of drug-likeness (QED) is 0.400. The molecule has 150 valence electrons. The van der Waals surface area contributed by atoms with Crippen molar-refractivity contribution in [2.24, 2.45) is 0 Å². The Balaban J connectivity index is 1.98. The van der Waals surface area contributed by atoms with Crippen molar-refractivity contribution in [1.29, 1.82) is 0 Å². The molecule has 0 amide bonds. The molecule has 0 saturated carbocycles. The number of ether oxygens (including phenoxy) is 2. The van der Waals surface area contributed by atoms with Crippen LogP contribution in [-0.4, -0.2) is 35.6 Å². The van der Waals surface area contributed by atoms with E-state index in [0.717, 1.165) is 16.9 Å². The maximum absolute atomic E-state index is 12.5. The number of carbonyl (C=O) groups excluding carboxylic acids is 2. The van der Waals surface area contributed by atoms with E-state index in [1.54, 1.807) is 14.0 Å². The molecule has 0 aliphatic rings. The van der Waals surface area contributed by atoms with Gasteiger partial charge in [0.15, 0.2) is 11.5 Å². The van der Waals surface area contributed by atoms with Gasteiger partial charge in [0.1, 0.15) is 11.4 Å². The molecule has 0 bridgehead atoms. The third kappa shape index (κ3) is 4.56. The number of ketones is 1. The van der Waals surface area contributed by atoms with Crippen molar-refractivity contribution in [2.75, 3.05) is 13.7 Å². The van der Waals surface area contributed by atoms with Gasteiger partial charge in [-0.3, -0.25) is 9.59 Å². The summed E-state index contributed by atoms with van der Waals surface area (Å²) < 4.78 is 10.5. The lowest BCUT2D eigenvalue weighted by atomic mass is 10.0. The van der Waals surface area contributed by atoms with Crippen LogP contribution in [0.3, 0.4) is 0 Å². The fourth-order valence-corrected chi connectivity index (χ4v) is 3.48. The lowest BCUT2D eigenvalue weighted by Gasteiger charge is -2.11. The van der Waals surface area contributed by atoms with Gasteiger partial charge in [-0.2, -0.15) is 0 Å². The summed E-state index contributed by atoms with van der Waals surface area (Å²) in [6.07, 6.45) is -0.153. The number of hydrogen-bond acceptors (Lipinski definition) is 6. The second-order valence-electron chi connectivity index (χ2n) is 6.32. The number of aromatic nitrogens is 1. The second-order valence-corrected chi connectivity index (χ2v) is 7.11. The van der Waals surface area contributed by atoms with E-state index in [9.17, 15) is 14.7 Å². The van der Waals surface area contributed by atoms with E-state index in [1.165, 1.54) is 0 Å². The van der Waals surface area contributed by atoms with Crippen LogP contribution in [-0.2, 0) is 9.53 Å². The number of aromatic hydroxyl groups is 1. The van der Waals surface area contributed by atoms with Crippen molar-refractivity contribution >= 4 is 38.6 Å². The average Bonchev–Trinajstić information content (AvgIpc) is 2.74. The molecule has 0 saturated heterocycles. The van der Waals surface area contributed by atoms with Gasteiger partial charge in [-0.15, -0.1) is 0 Å². The number of rotatable bonds is 7. The predicted octanol–water partition coefficient (Wildman–Crippen LogP) is 4.90. The van der Waals surface area contributed by atoms with Crippen LogP contribution in [0.4, 0.5) is 0 Å². The van der Waals surface area contributed by atoms with Crippen LogP contribution >= 0.6 is 15.9 Å². The molecule has 0 radical (unpaired) electrons. The number of hydrogen-bond donors (Lipinski definition) is 1. The number of halogens is 1. The minimum Gasteiger partial charge on any atom is -0.504 e. The van der Waals surface area contributed by atoms with E-state index >= 15 is 0 Å². The highest BCUT2D eigenvalue weighted by atomic mass is 79.9. The predicted molar refractivity (Wildman–Crippen MR) is 113 cm³/mol. The Bertz CT molecular complexity index is 1080. The molecular formula is C22H20BrNO5. The lowest BCUT2D eigenvalue weighted by Crippen LogP contribution is -2.09. The number of carbonyl (C=O) groups is 2. The number of methoxy groups -OCH3 is 1. The normalized spacial score (nSPS) is 10.7. The first-order valence-corrected chi connectivity index (χ1v) is 9.89. The Morgan fingerprint density at radius 1 is 1.10 bits per heavy atom. The maximum Gasteiger partial charge on any atom is 0.306 e. The van der Waals surface area contributed by atoms with E-state index in [4.69, 9.17) is 9.47 Å². The molecule has 2 aromatic carbocycles. The number of benzene rings is 2. The van der Waals surface area contributed by atoms with E-state index in [1.807, 2.05) is 42.5 Å². The molecule has 3 aromatic rings. The lowest BCUT2D eigenvalue weighted by molar-refractivity contribution is -0.143. The van der Waals surface area contributed by atoms with Gasteiger partial charge in [0.25, 0.3) is 0 Å². The largest absolute Gasteiger partial charge is 0.504 e. The molecule has 7 heteroatoms. The SMILES string of the molecule is CCOC(=O)CCC(=O)c1nc2cc(-c3cccc(OC)c3)ccc2c(Br)c1O. The maximum atomic E-state index is 12.5. The molecule has 1 N–H and O–H groups in total. The van der Waals surface area contributed by atoms with Crippen molar-refractivity contribution in [3.63, 3.8) is 0 Å². The monoisotopic (exact) mass is 457 g/mol. The highest BCUT2D eigenvalue weighted by Gasteiger charge is 2.20. The van der Waals surface area contributed by atoms with Crippen molar-refractivity contribution in [2.45, 2.75) is 19.8 Å². The number of esters is 1. The Morgan fingerprint density at radius 2 is 1.86 bits per heavy atom. The van der Waals surface area contributed by atoms with Gasteiger partial charge in [0, 0.05) is 11.8 Å². The molecule has 29 heavy (non-hydrogen) atoms. The fourth-order valence-electron chi connectivity index (χ4n) is 2.96. The Morgan fingerprint density at radius 3 is 2.59 bits per heavy atom. The van der Waals surface area contributed by atoms with Crippen LogP contribution in [0.15, 0.2) is 46.9 Å². The van der Waals surface area contributed by atoms with Crippen LogP contribution in [0.1, 0.15) is 30.3 Å². The molecule has 0 aliphatic heterocycles. The Kier molecular flexibility index (Phi) is 6.49. The van der Waals surface area contributed by atoms with Crippen LogP contribution in [0.25, 0.3) is 22.0 Å². The number of Topliss-reactive ketones (excluding diaryl/α,β-unsaturated/α-hetero) is 1.